The molecule has 0 amide bonds. The highest BCUT2D eigenvalue weighted by molar-refractivity contribution is 5.42. The van der Waals surface area contributed by atoms with Crippen molar-refractivity contribution in [1.82, 2.24) is 19.9 Å². The molecule has 0 atom stereocenters. The summed E-state index contributed by atoms with van der Waals surface area (Å²) in [5.41, 5.74) is 0.266. The second-order valence-electron chi connectivity index (χ2n) is 7.87. The van der Waals surface area contributed by atoms with Gasteiger partial charge < -0.3 is 9.42 Å². The minimum atomic E-state index is -4.34. The van der Waals surface area contributed by atoms with Crippen molar-refractivity contribution in [2.45, 2.75) is 38.5 Å². The predicted molar refractivity (Wildman–Crippen MR) is 103 cm³/mol. The summed E-state index contributed by atoms with van der Waals surface area (Å²) >= 11 is 0. The zero-order valence-corrected chi connectivity index (χ0v) is 16.5. The monoisotopic (exact) mass is 409 g/mol. The topological polar surface area (TPSA) is 48.6 Å². The molecule has 0 spiro atoms. The van der Waals surface area contributed by atoms with E-state index in [4.69, 9.17) is 4.52 Å². The molecule has 29 heavy (non-hydrogen) atoms. The molecule has 0 unspecified atom stereocenters. The molecule has 0 saturated carbocycles. The van der Waals surface area contributed by atoms with Gasteiger partial charge in [0.25, 0.3) is 0 Å². The van der Waals surface area contributed by atoms with Gasteiger partial charge in [-0.2, -0.15) is 13.2 Å². The summed E-state index contributed by atoms with van der Waals surface area (Å²) in [4.78, 5) is 11.0. The lowest BCUT2D eigenvalue weighted by Gasteiger charge is -2.43. The Morgan fingerprint density at radius 2 is 1.79 bits per heavy atom. The maximum atomic E-state index is 12.9. The van der Waals surface area contributed by atoms with Crippen LogP contribution < -0.4 is 4.90 Å². The number of hydrogen-bond donors (Lipinski definition) is 0. The maximum absolute atomic E-state index is 12.9. The SMILES string of the molecule is Cc1cc(CN2CCC(N3CCN(c4cc(C(F)(F)F)ccn4)CC3)CC2)on1. The maximum Gasteiger partial charge on any atom is 0.416 e. The summed E-state index contributed by atoms with van der Waals surface area (Å²) in [5, 5.41) is 3.94. The van der Waals surface area contributed by atoms with Crippen LogP contribution in [-0.4, -0.2) is 65.3 Å². The number of aryl methyl sites for hydroxylation is 1. The Morgan fingerprint density at radius 1 is 1.07 bits per heavy atom. The van der Waals surface area contributed by atoms with Crippen LogP contribution in [0.3, 0.4) is 0 Å². The Labute approximate surface area is 168 Å². The van der Waals surface area contributed by atoms with E-state index in [0.29, 0.717) is 24.9 Å². The second kappa shape index (κ2) is 8.31. The Balaban J connectivity index is 1.26. The zero-order chi connectivity index (χ0) is 20.4. The minimum absolute atomic E-state index is 0.414. The van der Waals surface area contributed by atoms with Crippen molar-refractivity contribution in [2.24, 2.45) is 0 Å². The number of likely N-dealkylation sites (tertiary alicyclic amines) is 1. The van der Waals surface area contributed by atoms with E-state index in [9.17, 15) is 13.2 Å². The quantitative estimate of drug-likeness (QED) is 0.773. The van der Waals surface area contributed by atoms with Gasteiger partial charge >= 0.3 is 6.18 Å². The summed E-state index contributed by atoms with van der Waals surface area (Å²) in [7, 11) is 0. The Kier molecular flexibility index (Phi) is 5.78. The molecule has 9 heteroatoms. The fourth-order valence-electron chi connectivity index (χ4n) is 4.24. The van der Waals surface area contributed by atoms with Gasteiger partial charge in [-0.1, -0.05) is 5.16 Å². The van der Waals surface area contributed by atoms with E-state index >= 15 is 0 Å². The third-order valence-electron chi connectivity index (χ3n) is 5.84. The molecule has 0 bridgehead atoms. The van der Waals surface area contributed by atoms with Gasteiger partial charge in [-0.25, -0.2) is 4.98 Å². The molecule has 2 aromatic heterocycles. The molecule has 2 aromatic rings. The molecule has 2 fully saturated rings. The summed E-state index contributed by atoms with van der Waals surface area (Å²) in [5.74, 6) is 1.32. The minimum Gasteiger partial charge on any atom is -0.360 e. The Morgan fingerprint density at radius 3 is 2.41 bits per heavy atom. The van der Waals surface area contributed by atoms with E-state index in [1.807, 2.05) is 17.9 Å². The first-order chi connectivity index (χ1) is 13.9. The lowest BCUT2D eigenvalue weighted by molar-refractivity contribution is -0.137. The van der Waals surface area contributed by atoms with Crippen LogP contribution in [0.2, 0.25) is 0 Å². The molecule has 4 heterocycles. The number of piperidine rings is 1. The van der Waals surface area contributed by atoms with Crippen LogP contribution in [0.1, 0.15) is 29.9 Å². The van der Waals surface area contributed by atoms with Gasteiger partial charge in [0.1, 0.15) is 5.82 Å². The summed E-state index contributed by atoms with van der Waals surface area (Å²) in [6, 6.07) is 4.68. The molecule has 0 aliphatic carbocycles. The van der Waals surface area contributed by atoms with Crippen molar-refractivity contribution in [3.8, 4) is 0 Å². The Hall–Kier alpha value is -2.13. The zero-order valence-electron chi connectivity index (χ0n) is 16.5. The fraction of sp³-hybridized carbons (Fsp3) is 0.600. The number of nitrogens with zero attached hydrogens (tertiary/aromatic N) is 5. The number of rotatable bonds is 4. The van der Waals surface area contributed by atoms with E-state index in [1.54, 1.807) is 0 Å². The summed E-state index contributed by atoms with van der Waals surface area (Å²) in [6.07, 6.45) is -0.905. The molecule has 0 aromatic carbocycles. The van der Waals surface area contributed by atoms with Gasteiger partial charge in [-0.05, 0) is 31.9 Å². The lowest BCUT2D eigenvalue weighted by Crippen LogP contribution is -2.53. The van der Waals surface area contributed by atoms with E-state index in [0.717, 1.165) is 69.2 Å². The lowest BCUT2D eigenvalue weighted by atomic mass is 10.0. The number of pyridine rings is 1. The van der Waals surface area contributed by atoms with Crippen molar-refractivity contribution < 1.29 is 17.7 Å². The molecule has 0 radical (unpaired) electrons. The summed E-state index contributed by atoms with van der Waals surface area (Å²) in [6.45, 7) is 7.85. The van der Waals surface area contributed by atoms with Gasteiger partial charge in [-0.15, -0.1) is 0 Å². The number of piperazine rings is 1. The average Bonchev–Trinajstić information content (AvgIpc) is 3.13. The fourth-order valence-corrected chi connectivity index (χ4v) is 4.24. The normalized spacial score (nSPS) is 20.3. The molecule has 158 valence electrons. The molecule has 2 aliphatic rings. The number of alkyl halides is 3. The van der Waals surface area contributed by atoms with Gasteiger partial charge in [0.05, 0.1) is 17.8 Å². The molecule has 4 rings (SSSR count). The van der Waals surface area contributed by atoms with Crippen LogP contribution in [0.5, 0.6) is 0 Å². The molecule has 2 aliphatic heterocycles. The van der Waals surface area contributed by atoms with E-state index < -0.39 is 11.7 Å². The van der Waals surface area contributed by atoms with Crippen LogP contribution in [0.15, 0.2) is 28.9 Å². The smallest absolute Gasteiger partial charge is 0.360 e. The third-order valence-corrected chi connectivity index (χ3v) is 5.84. The number of halogens is 3. The van der Waals surface area contributed by atoms with E-state index in [2.05, 4.69) is 19.9 Å². The van der Waals surface area contributed by atoms with Crippen LogP contribution >= 0.6 is 0 Å². The van der Waals surface area contributed by atoms with Crippen molar-refractivity contribution in [2.75, 3.05) is 44.2 Å². The van der Waals surface area contributed by atoms with Crippen molar-refractivity contribution >= 4 is 5.82 Å². The number of aromatic nitrogens is 2. The third kappa shape index (κ3) is 4.90. The van der Waals surface area contributed by atoms with Gasteiger partial charge in [0, 0.05) is 57.6 Å². The van der Waals surface area contributed by atoms with Crippen LogP contribution in [0, 0.1) is 6.92 Å². The number of hydrogen-bond acceptors (Lipinski definition) is 6. The number of anilines is 1. The Bertz CT molecular complexity index is 808. The van der Waals surface area contributed by atoms with E-state index in [-0.39, 0.29) is 0 Å². The standard InChI is InChI=1S/C20H26F3N5O/c1-15-12-18(29-25-15)14-26-6-3-17(4-7-26)27-8-10-28(11-9-27)19-13-16(2-5-24-19)20(21,22)23/h2,5,12-13,17H,3-4,6-11,14H2,1H3. The van der Waals surface area contributed by atoms with Crippen molar-refractivity contribution in [3.63, 3.8) is 0 Å². The molecule has 6 nitrogen and oxygen atoms in total. The van der Waals surface area contributed by atoms with Crippen molar-refractivity contribution in [1.29, 1.82) is 0 Å². The van der Waals surface area contributed by atoms with Gasteiger partial charge in [-0.3, -0.25) is 9.80 Å². The van der Waals surface area contributed by atoms with Gasteiger partial charge in [0.15, 0.2) is 5.76 Å². The van der Waals surface area contributed by atoms with Crippen LogP contribution in [0.4, 0.5) is 19.0 Å². The average molecular weight is 409 g/mol. The van der Waals surface area contributed by atoms with Crippen molar-refractivity contribution in [3.05, 3.63) is 41.4 Å². The second-order valence-corrected chi connectivity index (χ2v) is 7.87. The highest BCUT2D eigenvalue weighted by Gasteiger charge is 2.32. The summed E-state index contributed by atoms with van der Waals surface area (Å²) < 4.78 is 44.1. The van der Waals surface area contributed by atoms with Crippen LogP contribution in [-0.2, 0) is 12.7 Å². The van der Waals surface area contributed by atoms with E-state index in [1.165, 1.54) is 6.20 Å². The van der Waals surface area contributed by atoms with Gasteiger partial charge in [0.2, 0.25) is 0 Å². The first-order valence-corrected chi connectivity index (χ1v) is 10.1. The molecule has 2 saturated heterocycles. The first kappa shape index (κ1) is 20.2. The molecule has 0 N–H and O–H groups in total. The molecular formula is C20H26F3N5O. The predicted octanol–water partition coefficient (Wildman–Crippen LogP) is 3.18. The highest BCUT2D eigenvalue weighted by Crippen LogP contribution is 2.31. The highest BCUT2D eigenvalue weighted by atomic mass is 19.4. The largest absolute Gasteiger partial charge is 0.416 e. The molecular weight excluding hydrogens is 383 g/mol. The first-order valence-electron chi connectivity index (χ1n) is 10.1. The van der Waals surface area contributed by atoms with Crippen LogP contribution in [0.25, 0.3) is 0 Å².